The van der Waals surface area contributed by atoms with Crippen molar-refractivity contribution in [2.45, 2.75) is 25.5 Å². The molecule has 2 amide bonds. The molecular weight excluding hydrogens is 513 g/mol. The van der Waals surface area contributed by atoms with Crippen LogP contribution < -0.4 is 15.0 Å². The molecule has 196 valence electrons. The van der Waals surface area contributed by atoms with E-state index in [1.807, 2.05) is 0 Å². The lowest BCUT2D eigenvalue weighted by Gasteiger charge is -2.33. The molecule has 9 nitrogen and oxygen atoms in total. The summed E-state index contributed by atoms with van der Waals surface area (Å²) in [5, 5.41) is 12.4. The normalized spacial score (nSPS) is 17.6. The first-order chi connectivity index (χ1) is 16.7. The molecule has 4 rings (SSSR count). The predicted molar refractivity (Wildman–Crippen MR) is 135 cm³/mol. The first-order valence-corrected chi connectivity index (χ1v) is 13.3. The molecule has 2 aliphatic rings. The highest BCUT2D eigenvalue weighted by Crippen LogP contribution is 2.26. The monoisotopic (exact) mass is 541 g/mol. The fourth-order valence-electron chi connectivity index (χ4n) is 4.13. The number of carboxylic acid groups (broad SMARTS) is 1. The zero-order valence-corrected chi connectivity index (χ0v) is 21.2. The van der Waals surface area contributed by atoms with Crippen molar-refractivity contribution < 1.29 is 32.2 Å². The summed E-state index contributed by atoms with van der Waals surface area (Å²) in [6.45, 7) is 1.73. The third-order valence-corrected chi connectivity index (χ3v) is 7.82. The molecule has 0 bridgehead atoms. The molecule has 0 aliphatic carbocycles. The van der Waals surface area contributed by atoms with E-state index in [0.29, 0.717) is 11.4 Å². The average molecular weight is 542 g/mol. The number of aromatic carboxylic acids is 1. The SMILES string of the molecule is Cl.O=C(O)c1ccc(CN(C(=O)N2CCS(=O)(=O)CC2)c2ccc(OC3CCNCC3)cc2)c(F)c1. The maximum atomic E-state index is 14.7. The van der Waals surface area contributed by atoms with Crippen molar-refractivity contribution in [1.29, 1.82) is 0 Å². The number of urea groups is 1. The van der Waals surface area contributed by atoms with Crippen LogP contribution in [0, 0.1) is 5.82 Å². The smallest absolute Gasteiger partial charge is 0.335 e. The van der Waals surface area contributed by atoms with Crippen LogP contribution in [0.2, 0.25) is 0 Å². The number of halogens is 2. The van der Waals surface area contributed by atoms with E-state index in [-0.39, 0.29) is 60.8 Å². The highest BCUT2D eigenvalue weighted by Gasteiger charge is 2.29. The molecule has 2 aromatic rings. The molecule has 0 unspecified atom stereocenters. The summed E-state index contributed by atoms with van der Waals surface area (Å²) in [7, 11) is -3.19. The molecule has 0 aromatic heterocycles. The summed E-state index contributed by atoms with van der Waals surface area (Å²) in [5.41, 5.74) is 0.440. The Balaban J connectivity index is 0.00000361. The summed E-state index contributed by atoms with van der Waals surface area (Å²) in [6, 6.07) is 10.0. The highest BCUT2D eigenvalue weighted by molar-refractivity contribution is 7.91. The third-order valence-electron chi connectivity index (χ3n) is 6.21. The van der Waals surface area contributed by atoms with Gasteiger partial charge in [-0.2, -0.15) is 0 Å². The van der Waals surface area contributed by atoms with Gasteiger partial charge in [0.15, 0.2) is 9.84 Å². The van der Waals surface area contributed by atoms with Gasteiger partial charge in [-0.15, -0.1) is 12.4 Å². The second-order valence-electron chi connectivity index (χ2n) is 8.68. The number of rotatable bonds is 6. The fourth-order valence-corrected chi connectivity index (χ4v) is 5.33. The van der Waals surface area contributed by atoms with Crippen LogP contribution in [0.25, 0.3) is 0 Å². The first kappa shape index (κ1) is 27.7. The summed E-state index contributed by atoms with van der Waals surface area (Å²) in [5.74, 6) is -1.58. The van der Waals surface area contributed by atoms with Crippen molar-refractivity contribution in [2.75, 3.05) is 42.6 Å². The molecule has 2 aromatic carbocycles. The minimum atomic E-state index is -3.19. The lowest BCUT2D eigenvalue weighted by molar-refractivity contribution is 0.0696. The van der Waals surface area contributed by atoms with Gasteiger partial charge in [0.1, 0.15) is 17.7 Å². The van der Waals surface area contributed by atoms with Gasteiger partial charge in [-0.25, -0.2) is 22.4 Å². The van der Waals surface area contributed by atoms with Crippen LogP contribution in [-0.4, -0.2) is 74.2 Å². The van der Waals surface area contributed by atoms with Crippen LogP contribution in [0.15, 0.2) is 42.5 Å². The molecule has 2 saturated heterocycles. The zero-order valence-electron chi connectivity index (χ0n) is 19.6. The van der Waals surface area contributed by atoms with Crippen LogP contribution in [-0.2, 0) is 16.4 Å². The molecule has 2 fully saturated rings. The standard InChI is InChI=1S/C24H28FN3O6S.ClH/c25-22-15-17(23(29)30)1-2-18(22)16-28(24(31)27-11-13-35(32,33)14-12-27)19-3-5-20(6-4-19)34-21-7-9-26-10-8-21;/h1-6,15,21,26H,7-14,16H2,(H,29,30);1H. The Morgan fingerprint density at radius 3 is 2.31 bits per heavy atom. The van der Waals surface area contributed by atoms with E-state index in [9.17, 15) is 22.4 Å². The van der Waals surface area contributed by atoms with Crippen LogP contribution in [0.3, 0.4) is 0 Å². The molecule has 0 saturated carbocycles. The number of piperidine rings is 1. The molecule has 0 spiro atoms. The number of benzene rings is 2. The minimum absolute atomic E-state index is 0. The van der Waals surface area contributed by atoms with E-state index in [0.717, 1.165) is 32.0 Å². The summed E-state index contributed by atoms with van der Waals surface area (Å²) in [6.07, 6.45) is 1.91. The van der Waals surface area contributed by atoms with Crippen LogP contribution in [0.4, 0.5) is 14.9 Å². The number of nitrogens with zero attached hydrogens (tertiary/aromatic N) is 2. The Labute approximate surface area is 215 Å². The molecule has 0 atom stereocenters. The number of amides is 2. The van der Waals surface area contributed by atoms with Crippen LogP contribution in [0.5, 0.6) is 5.75 Å². The molecule has 36 heavy (non-hydrogen) atoms. The lowest BCUT2D eigenvalue weighted by Crippen LogP contribution is -2.49. The largest absolute Gasteiger partial charge is 0.490 e. The number of carbonyl (C=O) groups is 2. The second-order valence-corrected chi connectivity index (χ2v) is 11.0. The molecular formula is C24H29ClFN3O6S. The van der Waals surface area contributed by atoms with Crippen molar-refractivity contribution in [2.24, 2.45) is 0 Å². The van der Waals surface area contributed by atoms with Gasteiger partial charge in [0.05, 0.1) is 23.6 Å². The van der Waals surface area contributed by atoms with Gasteiger partial charge in [-0.1, -0.05) is 6.07 Å². The molecule has 2 heterocycles. The summed E-state index contributed by atoms with van der Waals surface area (Å²) >= 11 is 0. The maximum absolute atomic E-state index is 14.7. The van der Waals surface area contributed by atoms with E-state index < -0.39 is 27.7 Å². The molecule has 2 aliphatic heterocycles. The molecule has 0 radical (unpaired) electrons. The number of carbonyl (C=O) groups excluding carboxylic acids is 1. The van der Waals surface area contributed by atoms with Crippen molar-refractivity contribution in [3.8, 4) is 5.75 Å². The third kappa shape index (κ3) is 6.86. The number of carboxylic acids is 1. The fraction of sp³-hybridized carbons (Fsp3) is 0.417. The Morgan fingerprint density at radius 2 is 1.72 bits per heavy atom. The van der Waals surface area contributed by atoms with Gasteiger partial charge >= 0.3 is 12.0 Å². The highest BCUT2D eigenvalue weighted by atomic mass is 35.5. The Morgan fingerprint density at radius 1 is 1.08 bits per heavy atom. The van der Waals surface area contributed by atoms with Gasteiger partial charge in [0.25, 0.3) is 0 Å². The van der Waals surface area contributed by atoms with Crippen LogP contribution >= 0.6 is 12.4 Å². The van der Waals surface area contributed by atoms with E-state index in [4.69, 9.17) is 9.84 Å². The number of hydrogen-bond acceptors (Lipinski definition) is 6. The van der Waals surface area contributed by atoms with E-state index >= 15 is 0 Å². The Bertz CT molecular complexity index is 1170. The van der Waals surface area contributed by atoms with E-state index in [1.165, 1.54) is 21.9 Å². The maximum Gasteiger partial charge on any atom is 0.335 e. The predicted octanol–water partition coefficient (Wildman–Crippen LogP) is 2.93. The minimum Gasteiger partial charge on any atom is -0.490 e. The Hall–Kier alpha value is -2.89. The summed E-state index contributed by atoms with van der Waals surface area (Å²) in [4.78, 5) is 27.4. The number of hydrogen-bond donors (Lipinski definition) is 2. The first-order valence-electron chi connectivity index (χ1n) is 11.5. The zero-order chi connectivity index (χ0) is 25.0. The van der Waals surface area contributed by atoms with Crippen molar-refractivity contribution in [3.63, 3.8) is 0 Å². The van der Waals surface area contributed by atoms with Gasteiger partial charge < -0.3 is 20.1 Å². The summed E-state index contributed by atoms with van der Waals surface area (Å²) < 4.78 is 44.4. The van der Waals surface area contributed by atoms with Crippen LogP contribution in [0.1, 0.15) is 28.8 Å². The van der Waals surface area contributed by atoms with E-state index in [2.05, 4.69) is 5.32 Å². The number of sulfone groups is 1. The van der Waals surface area contributed by atoms with Gasteiger partial charge in [0.2, 0.25) is 0 Å². The number of anilines is 1. The number of ether oxygens (including phenoxy) is 1. The molecule has 2 N–H and O–H groups in total. The van der Waals surface area contributed by atoms with Gasteiger partial charge in [0, 0.05) is 24.3 Å². The van der Waals surface area contributed by atoms with E-state index in [1.54, 1.807) is 24.3 Å². The van der Waals surface area contributed by atoms with Crippen molar-refractivity contribution in [3.05, 3.63) is 59.4 Å². The quantitative estimate of drug-likeness (QED) is 0.577. The topological polar surface area (TPSA) is 116 Å². The van der Waals surface area contributed by atoms with Crippen molar-refractivity contribution >= 4 is 39.9 Å². The van der Waals surface area contributed by atoms with Crippen molar-refractivity contribution in [1.82, 2.24) is 10.2 Å². The molecule has 12 heteroatoms. The average Bonchev–Trinajstić information content (AvgIpc) is 2.84. The second kappa shape index (κ2) is 11.9. The van der Waals surface area contributed by atoms with Gasteiger partial charge in [-0.3, -0.25) is 4.90 Å². The number of nitrogens with one attached hydrogen (secondary N) is 1. The lowest BCUT2D eigenvalue weighted by atomic mass is 10.1. The van der Waals surface area contributed by atoms with Gasteiger partial charge in [-0.05, 0) is 62.3 Å². The Kier molecular flexibility index (Phi) is 9.15.